The number of likely N-dealkylation sites (tertiary alicyclic amines) is 1. The molecule has 1 N–H and O–H groups in total. The van der Waals surface area contributed by atoms with E-state index in [2.05, 4.69) is 42.7 Å². The second-order valence-electron chi connectivity index (χ2n) is 7.28. The molecule has 4 rings (SSSR count). The van der Waals surface area contributed by atoms with E-state index in [-0.39, 0.29) is 18.5 Å². The number of amides is 1. The second-order valence-corrected chi connectivity index (χ2v) is 7.28. The van der Waals surface area contributed by atoms with E-state index in [4.69, 9.17) is 0 Å². The van der Waals surface area contributed by atoms with Gasteiger partial charge in [0.15, 0.2) is 0 Å². The van der Waals surface area contributed by atoms with Gasteiger partial charge >= 0.3 is 0 Å². The third-order valence-electron chi connectivity index (χ3n) is 5.08. The summed E-state index contributed by atoms with van der Waals surface area (Å²) < 4.78 is 0. The van der Waals surface area contributed by atoms with Crippen molar-refractivity contribution < 1.29 is 4.79 Å². The van der Waals surface area contributed by atoms with Gasteiger partial charge < -0.3 is 10.2 Å². The lowest BCUT2D eigenvalue weighted by Crippen LogP contribution is -2.41. The average molecular weight is 391 g/mol. The molecule has 0 saturated carbocycles. The molecule has 0 unspecified atom stereocenters. The number of nitrogens with one attached hydrogen (secondary N) is 1. The lowest BCUT2D eigenvalue weighted by Gasteiger charge is -2.31. The molecule has 1 aliphatic rings. The van der Waals surface area contributed by atoms with E-state index < -0.39 is 0 Å². The molecule has 3 aromatic rings. The quantitative estimate of drug-likeness (QED) is 0.663. The van der Waals surface area contributed by atoms with Crippen molar-refractivity contribution in [3.63, 3.8) is 0 Å². The monoisotopic (exact) mass is 391 g/mol. The molecule has 2 aromatic heterocycles. The summed E-state index contributed by atoms with van der Waals surface area (Å²) in [6.07, 6.45) is 7.08. The van der Waals surface area contributed by atoms with Crippen LogP contribution in [0.5, 0.6) is 0 Å². The first-order valence-corrected chi connectivity index (χ1v) is 10.0. The molecule has 8 heteroatoms. The predicted octanol–water partition coefficient (Wildman–Crippen LogP) is 2.08. The zero-order chi connectivity index (χ0) is 19.9. The zero-order valence-corrected chi connectivity index (χ0v) is 16.3. The molecular weight excluding hydrogens is 366 g/mol. The highest BCUT2D eigenvalue weighted by molar-refractivity contribution is 5.76. The summed E-state index contributed by atoms with van der Waals surface area (Å²) in [6.45, 7) is 2.99. The SMILES string of the molecule is O=C(Cn1nnc(-c2cccnc2)n1)N[C@@H](CN1CCCCC1)c1ccccc1. The van der Waals surface area contributed by atoms with E-state index in [9.17, 15) is 4.79 Å². The highest BCUT2D eigenvalue weighted by Gasteiger charge is 2.20. The van der Waals surface area contributed by atoms with E-state index in [0.717, 1.165) is 30.8 Å². The van der Waals surface area contributed by atoms with Crippen LogP contribution in [0.2, 0.25) is 0 Å². The number of nitrogens with zero attached hydrogens (tertiary/aromatic N) is 6. The normalized spacial score (nSPS) is 15.7. The van der Waals surface area contributed by atoms with Crippen molar-refractivity contribution in [2.24, 2.45) is 0 Å². The number of tetrazole rings is 1. The molecule has 29 heavy (non-hydrogen) atoms. The summed E-state index contributed by atoms with van der Waals surface area (Å²) in [7, 11) is 0. The number of hydrogen-bond donors (Lipinski definition) is 1. The Morgan fingerprint density at radius 1 is 1.07 bits per heavy atom. The first kappa shape index (κ1) is 19.2. The number of piperidine rings is 1. The number of carbonyl (C=O) groups is 1. The van der Waals surface area contributed by atoms with Crippen LogP contribution >= 0.6 is 0 Å². The first-order chi connectivity index (χ1) is 14.3. The smallest absolute Gasteiger partial charge is 0.244 e. The number of carbonyl (C=O) groups excluding carboxylic acids is 1. The summed E-state index contributed by atoms with van der Waals surface area (Å²) >= 11 is 0. The minimum atomic E-state index is -0.133. The van der Waals surface area contributed by atoms with Gasteiger partial charge in [0.1, 0.15) is 6.54 Å². The van der Waals surface area contributed by atoms with Crippen molar-refractivity contribution in [2.75, 3.05) is 19.6 Å². The zero-order valence-electron chi connectivity index (χ0n) is 16.3. The van der Waals surface area contributed by atoms with Crippen LogP contribution in [0.15, 0.2) is 54.9 Å². The molecule has 1 aliphatic heterocycles. The fourth-order valence-corrected chi connectivity index (χ4v) is 3.61. The van der Waals surface area contributed by atoms with Crippen LogP contribution in [0, 0.1) is 0 Å². The molecule has 8 nitrogen and oxygen atoms in total. The Morgan fingerprint density at radius 2 is 1.90 bits per heavy atom. The lowest BCUT2D eigenvalue weighted by molar-refractivity contribution is -0.123. The van der Waals surface area contributed by atoms with Crippen LogP contribution in [0.4, 0.5) is 0 Å². The van der Waals surface area contributed by atoms with Gasteiger partial charge in [-0.05, 0) is 48.8 Å². The summed E-state index contributed by atoms with van der Waals surface area (Å²) in [4.78, 5) is 20.5. The molecule has 1 aromatic carbocycles. The molecule has 1 atom stereocenters. The van der Waals surface area contributed by atoms with Gasteiger partial charge in [-0.25, -0.2) is 0 Å². The highest BCUT2D eigenvalue weighted by Crippen LogP contribution is 2.18. The van der Waals surface area contributed by atoms with Crippen LogP contribution in [0.25, 0.3) is 11.4 Å². The van der Waals surface area contributed by atoms with Crippen LogP contribution in [-0.2, 0) is 11.3 Å². The van der Waals surface area contributed by atoms with Crippen LogP contribution in [0.1, 0.15) is 30.9 Å². The number of hydrogen-bond acceptors (Lipinski definition) is 6. The van der Waals surface area contributed by atoms with Gasteiger partial charge in [0.05, 0.1) is 6.04 Å². The van der Waals surface area contributed by atoms with Crippen LogP contribution in [0.3, 0.4) is 0 Å². The fourth-order valence-electron chi connectivity index (χ4n) is 3.61. The molecular formula is C21H25N7O. The van der Waals surface area contributed by atoms with Crippen molar-refractivity contribution >= 4 is 5.91 Å². The maximum atomic E-state index is 12.7. The molecule has 1 fully saturated rings. The Labute approximate surface area is 169 Å². The van der Waals surface area contributed by atoms with Crippen molar-refractivity contribution in [3.05, 3.63) is 60.4 Å². The van der Waals surface area contributed by atoms with Crippen molar-refractivity contribution in [1.29, 1.82) is 0 Å². The fraction of sp³-hybridized carbons (Fsp3) is 0.381. The molecule has 0 aliphatic carbocycles. The molecule has 0 spiro atoms. The Kier molecular flexibility index (Phi) is 6.21. The second kappa shape index (κ2) is 9.38. The van der Waals surface area contributed by atoms with Gasteiger partial charge in [-0.15, -0.1) is 10.2 Å². The molecule has 150 valence electrons. The van der Waals surface area contributed by atoms with E-state index in [1.54, 1.807) is 12.4 Å². The van der Waals surface area contributed by atoms with E-state index >= 15 is 0 Å². The molecule has 3 heterocycles. The van der Waals surface area contributed by atoms with Gasteiger partial charge in [-0.3, -0.25) is 9.78 Å². The average Bonchev–Trinajstić information content (AvgIpc) is 3.24. The Bertz CT molecular complexity index is 907. The number of benzene rings is 1. The van der Waals surface area contributed by atoms with E-state index in [1.807, 2.05) is 30.3 Å². The largest absolute Gasteiger partial charge is 0.346 e. The van der Waals surface area contributed by atoms with E-state index in [1.165, 1.54) is 24.1 Å². The molecule has 1 saturated heterocycles. The maximum Gasteiger partial charge on any atom is 0.244 e. The Hall–Kier alpha value is -3.13. The highest BCUT2D eigenvalue weighted by atomic mass is 16.2. The third-order valence-corrected chi connectivity index (χ3v) is 5.08. The summed E-state index contributed by atoms with van der Waals surface area (Å²) in [6, 6.07) is 13.7. The lowest BCUT2D eigenvalue weighted by atomic mass is 10.0. The topological polar surface area (TPSA) is 88.8 Å². The van der Waals surface area contributed by atoms with Crippen LogP contribution in [-0.4, -0.2) is 55.6 Å². The summed E-state index contributed by atoms with van der Waals surface area (Å²) in [5, 5.41) is 15.5. The van der Waals surface area contributed by atoms with Gasteiger partial charge in [0.2, 0.25) is 11.7 Å². The van der Waals surface area contributed by atoms with Crippen molar-refractivity contribution in [3.8, 4) is 11.4 Å². The third kappa shape index (κ3) is 5.23. The van der Waals surface area contributed by atoms with Crippen molar-refractivity contribution in [1.82, 2.24) is 35.4 Å². The molecule has 0 bridgehead atoms. The minimum absolute atomic E-state index is 0.0244. The van der Waals surface area contributed by atoms with Crippen molar-refractivity contribution in [2.45, 2.75) is 31.8 Å². The molecule has 1 amide bonds. The summed E-state index contributed by atoms with van der Waals surface area (Å²) in [5.74, 6) is 0.324. The number of aromatic nitrogens is 5. The summed E-state index contributed by atoms with van der Waals surface area (Å²) in [5.41, 5.74) is 1.88. The Morgan fingerprint density at radius 3 is 2.66 bits per heavy atom. The Balaban J connectivity index is 1.41. The van der Waals surface area contributed by atoms with Crippen LogP contribution < -0.4 is 5.32 Å². The van der Waals surface area contributed by atoms with Gasteiger partial charge in [-0.2, -0.15) is 4.80 Å². The van der Waals surface area contributed by atoms with E-state index in [0.29, 0.717) is 5.82 Å². The predicted molar refractivity (Wildman–Crippen MR) is 109 cm³/mol. The first-order valence-electron chi connectivity index (χ1n) is 10.0. The van der Waals surface area contributed by atoms with Gasteiger partial charge in [0, 0.05) is 24.5 Å². The van der Waals surface area contributed by atoms with Gasteiger partial charge in [-0.1, -0.05) is 36.8 Å². The number of rotatable bonds is 7. The standard InChI is InChI=1S/C21H25N7O/c29-20(16-28-25-21(24-26-28)18-10-7-11-22-14-18)23-19(17-8-3-1-4-9-17)15-27-12-5-2-6-13-27/h1,3-4,7-11,14,19H,2,5-6,12-13,15-16H2,(H,23,29)/t19-/m0/s1. The number of pyridine rings is 1. The molecule has 0 radical (unpaired) electrons. The van der Waals surface area contributed by atoms with Gasteiger partial charge in [0.25, 0.3) is 0 Å². The minimum Gasteiger partial charge on any atom is -0.346 e. The maximum absolute atomic E-state index is 12.7.